The Labute approximate surface area is 164 Å². The van der Waals surface area contributed by atoms with Crippen LogP contribution >= 0.6 is 11.6 Å². The van der Waals surface area contributed by atoms with E-state index < -0.39 is 0 Å². The number of hydrogen-bond donors (Lipinski definition) is 1. The number of carbonyl (C=O) groups is 1. The fourth-order valence-corrected chi connectivity index (χ4v) is 6.06. The first-order valence-electron chi connectivity index (χ1n) is 9.93. The average Bonchev–Trinajstić information content (AvgIpc) is 3.08. The van der Waals surface area contributed by atoms with E-state index in [1.165, 1.54) is 38.5 Å². The second-order valence-corrected chi connectivity index (χ2v) is 9.17. The second kappa shape index (κ2) is 6.56. The van der Waals surface area contributed by atoms with Gasteiger partial charge < -0.3 is 9.73 Å². The Kier molecular flexibility index (Phi) is 4.16. The van der Waals surface area contributed by atoms with Gasteiger partial charge in [-0.25, -0.2) is 0 Å². The van der Waals surface area contributed by atoms with Gasteiger partial charge in [-0.3, -0.25) is 4.79 Å². The van der Waals surface area contributed by atoms with Crippen LogP contribution in [-0.2, 0) is 4.79 Å². The molecule has 3 nitrogen and oxygen atoms in total. The molecule has 4 heteroatoms. The van der Waals surface area contributed by atoms with Crippen molar-refractivity contribution in [2.75, 3.05) is 0 Å². The monoisotopic (exact) mass is 381 g/mol. The third-order valence-corrected chi connectivity index (χ3v) is 6.83. The Bertz CT molecular complexity index is 845. The summed E-state index contributed by atoms with van der Waals surface area (Å²) < 4.78 is 5.84. The number of amides is 1. The Morgan fingerprint density at radius 3 is 2.26 bits per heavy atom. The number of hydrogen-bond acceptors (Lipinski definition) is 2. The standard InChI is InChI=1S/C23H24ClNO2/c24-19-3-1-18(2-4-19)21-7-5-20(27-21)6-8-22(26)25-23-12-15-9-16(13-23)11-17(10-15)14-23/h1-8,15-17H,9-14H2,(H,25,26)/b8-6+. The second-order valence-electron chi connectivity index (χ2n) is 8.73. The van der Waals surface area contributed by atoms with Crippen LogP contribution in [0, 0.1) is 17.8 Å². The smallest absolute Gasteiger partial charge is 0.244 e. The van der Waals surface area contributed by atoms with Crippen molar-refractivity contribution < 1.29 is 9.21 Å². The summed E-state index contributed by atoms with van der Waals surface area (Å²) in [4.78, 5) is 12.6. The van der Waals surface area contributed by atoms with Crippen molar-refractivity contribution in [1.82, 2.24) is 5.32 Å². The van der Waals surface area contributed by atoms with Gasteiger partial charge in [0.1, 0.15) is 11.5 Å². The zero-order valence-corrected chi connectivity index (χ0v) is 16.0. The maximum atomic E-state index is 12.6. The van der Waals surface area contributed by atoms with Crippen LogP contribution in [0.5, 0.6) is 0 Å². The van der Waals surface area contributed by atoms with Gasteiger partial charge in [0.25, 0.3) is 0 Å². The summed E-state index contributed by atoms with van der Waals surface area (Å²) in [6.07, 6.45) is 11.0. The number of furan rings is 1. The highest BCUT2D eigenvalue weighted by Crippen LogP contribution is 2.55. The van der Waals surface area contributed by atoms with Crippen LogP contribution in [0.25, 0.3) is 17.4 Å². The van der Waals surface area contributed by atoms with Gasteiger partial charge in [0.2, 0.25) is 5.91 Å². The van der Waals surface area contributed by atoms with Gasteiger partial charge in [-0.1, -0.05) is 11.6 Å². The van der Waals surface area contributed by atoms with Crippen LogP contribution in [0.1, 0.15) is 44.3 Å². The third-order valence-electron chi connectivity index (χ3n) is 6.58. The first kappa shape index (κ1) is 17.1. The lowest BCUT2D eigenvalue weighted by atomic mass is 9.53. The SMILES string of the molecule is O=C(/C=C/c1ccc(-c2ccc(Cl)cc2)o1)NC12CC3CC(CC(C3)C1)C2. The minimum atomic E-state index is 0.00129. The summed E-state index contributed by atoms with van der Waals surface area (Å²) >= 11 is 5.93. The first-order chi connectivity index (χ1) is 13.1. The first-order valence-corrected chi connectivity index (χ1v) is 10.3. The molecule has 140 valence electrons. The Morgan fingerprint density at radius 2 is 1.63 bits per heavy atom. The minimum absolute atomic E-state index is 0.00129. The van der Waals surface area contributed by atoms with E-state index in [9.17, 15) is 4.79 Å². The van der Waals surface area contributed by atoms with Crippen LogP contribution in [0.3, 0.4) is 0 Å². The summed E-state index contributed by atoms with van der Waals surface area (Å²) in [7, 11) is 0. The van der Waals surface area contributed by atoms with Crippen LogP contribution in [0.4, 0.5) is 0 Å². The molecule has 4 bridgehead atoms. The van der Waals surface area contributed by atoms with E-state index in [4.69, 9.17) is 16.0 Å². The molecule has 4 fully saturated rings. The fraction of sp³-hybridized carbons (Fsp3) is 0.435. The molecule has 1 aromatic heterocycles. The molecule has 4 aliphatic carbocycles. The molecule has 6 rings (SSSR count). The van der Waals surface area contributed by atoms with Crippen molar-refractivity contribution >= 4 is 23.6 Å². The van der Waals surface area contributed by atoms with Crippen LogP contribution in [0.2, 0.25) is 5.02 Å². The van der Waals surface area contributed by atoms with Gasteiger partial charge >= 0.3 is 0 Å². The lowest BCUT2D eigenvalue weighted by molar-refractivity contribution is -0.122. The van der Waals surface area contributed by atoms with Crippen molar-refractivity contribution in [3.05, 3.63) is 53.3 Å². The van der Waals surface area contributed by atoms with Crippen molar-refractivity contribution in [3.63, 3.8) is 0 Å². The molecule has 4 saturated carbocycles. The van der Waals surface area contributed by atoms with Crippen LogP contribution in [-0.4, -0.2) is 11.4 Å². The molecule has 0 aliphatic heterocycles. The molecule has 0 unspecified atom stereocenters. The Balaban J connectivity index is 1.25. The van der Waals surface area contributed by atoms with Gasteiger partial charge in [0, 0.05) is 22.2 Å². The van der Waals surface area contributed by atoms with Crippen LogP contribution in [0.15, 0.2) is 46.9 Å². The quantitative estimate of drug-likeness (QED) is 0.690. The summed E-state index contributed by atoms with van der Waals surface area (Å²) in [6.45, 7) is 0. The number of halogens is 1. The van der Waals surface area contributed by atoms with E-state index in [0.29, 0.717) is 10.8 Å². The predicted octanol–water partition coefficient (Wildman–Crippen LogP) is 5.70. The van der Waals surface area contributed by atoms with Gasteiger partial charge in [0.05, 0.1) is 0 Å². The molecule has 4 aliphatic rings. The van der Waals surface area contributed by atoms with Crippen molar-refractivity contribution in [1.29, 1.82) is 0 Å². The minimum Gasteiger partial charge on any atom is -0.457 e. The van der Waals surface area contributed by atoms with E-state index >= 15 is 0 Å². The predicted molar refractivity (Wildman–Crippen MR) is 107 cm³/mol. The summed E-state index contributed by atoms with van der Waals surface area (Å²) in [6, 6.07) is 11.3. The number of nitrogens with one attached hydrogen (secondary N) is 1. The molecule has 0 spiro atoms. The topological polar surface area (TPSA) is 42.2 Å². The maximum Gasteiger partial charge on any atom is 0.244 e. The highest BCUT2D eigenvalue weighted by Gasteiger charge is 2.51. The highest BCUT2D eigenvalue weighted by atomic mass is 35.5. The highest BCUT2D eigenvalue weighted by molar-refractivity contribution is 6.30. The number of carbonyl (C=O) groups excluding carboxylic acids is 1. The molecule has 1 aromatic carbocycles. The molecule has 2 aromatic rings. The summed E-state index contributed by atoms with van der Waals surface area (Å²) in [5.74, 6) is 3.93. The molecular weight excluding hydrogens is 358 g/mol. The largest absolute Gasteiger partial charge is 0.457 e. The number of benzene rings is 1. The van der Waals surface area contributed by atoms with Gasteiger partial charge in [0.15, 0.2) is 0 Å². The molecule has 1 amide bonds. The number of rotatable bonds is 4. The van der Waals surface area contributed by atoms with Crippen molar-refractivity contribution in [2.24, 2.45) is 17.8 Å². The van der Waals surface area contributed by atoms with E-state index in [0.717, 1.165) is 29.1 Å². The molecule has 0 atom stereocenters. The zero-order valence-electron chi connectivity index (χ0n) is 15.3. The van der Waals surface area contributed by atoms with E-state index in [1.807, 2.05) is 36.4 Å². The average molecular weight is 382 g/mol. The molecule has 0 radical (unpaired) electrons. The lowest BCUT2D eigenvalue weighted by Crippen LogP contribution is -2.59. The van der Waals surface area contributed by atoms with Crippen LogP contribution < -0.4 is 5.32 Å². The Morgan fingerprint density at radius 1 is 1.00 bits per heavy atom. The Hall–Kier alpha value is -2.00. The molecule has 1 N–H and O–H groups in total. The third kappa shape index (κ3) is 3.45. The molecule has 27 heavy (non-hydrogen) atoms. The molecular formula is C23H24ClNO2. The summed E-state index contributed by atoms with van der Waals surface area (Å²) in [5.41, 5.74) is 1.02. The van der Waals surface area contributed by atoms with Crippen molar-refractivity contribution in [2.45, 2.75) is 44.1 Å². The summed E-state index contributed by atoms with van der Waals surface area (Å²) in [5, 5.41) is 4.06. The van der Waals surface area contributed by atoms with Gasteiger partial charge in [-0.05, 0) is 98.8 Å². The molecule has 0 saturated heterocycles. The molecule has 1 heterocycles. The lowest BCUT2D eigenvalue weighted by Gasteiger charge is -2.56. The van der Waals surface area contributed by atoms with Gasteiger partial charge in [-0.2, -0.15) is 0 Å². The van der Waals surface area contributed by atoms with E-state index in [1.54, 1.807) is 12.2 Å². The maximum absolute atomic E-state index is 12.6. The van der Waals surface area contributed by atoms with E-state index in [2.05, 4.69) is 5.32 Å². The zero-order chi connectivity index (χ0) is 18.4. The van der Waals surface area contributed by atoms with E-state index in [-0.39, 0.29) is 11.4 Å². The van der Waals surface area contributed by atoms with Crippen molar-refractivity contribution in [3.8, 4) is 11.3 Å². The normalized spacial score (nSPS) is 31.5. The van der Waals surface area contributed by atoms with Gasteiger partial charge in [-0.15, -0.1) is 0 Å². The fourth-order valence-electron chi connectivity index (χ4n) is 5.94.